The van der Waals surface area contributed by atoms with Crippen LogP contribution in [-0.4, -0.2) is 18.4 Å². The fraction of sp³-hybridized carbons (Fsp3) is 0.167. The highest BCUT2D eigenvalue weighted by Crippen LogP contribution is 2.27. The summed E-state index contributed by atoms with van der Waals surface area (Å²) < 4.78 is 40.1. The second-order valence-electron chi connectivity index (χ2n) is 4.38. The average Bonchev–Trinajstić information content (AvgIpc) is 2.31. The van der Waals surface area contributed by atoms with Gasteiger partial charge in [-0.15, -0.1) is 0 Å². The van der Waals surface area contributed by atoms with Crippen LogP contribution in [0.4, 0.5) is 16.0 Å². The number of halogens is 2. The molecule has 0 radical (unpaired) electrons. The lowest BCUT2D eigenvalue weighted by Crippen LogP contribution is -2.17. The predicted octanol–water partition coefficient (Wildman–Crippen LogP) is 2.38. The Morgan fingerprint density at radius 3 is 2.33 bits per heavy atom. The maximum absolute atomic E-state index is 13.3. The van der Waals surface area contributed by atoms with Crippen LogP contribution in [0.1, 0.15) is 11.4 Å². The molecule has 0 saturated carbocycles. The molecule has 0 aliphatic carbocycles. The summed E-state index contributed by atoms with van der Waals surface area (Å²) in [6, 6.07) is 3.73. The van der Waals surface area contributed by atoms with Gasteiger partial charge < -0.3 is 5.73 Å². The van der Waals surface area contributed by atoms with E-state index in [0.29, 0.717) is 11.4 Å². The first-order valence-electron chi connectivity index (χ1n) is 5.78. The molecule has 0 atom stereocenters. The van der Waals surface area contributed by atoms with Crippen molar-refractivity contribution in [1.29, 1.82) is 0 Å². The standard InChI is InChI=1S/C12H12BrFN4O2S/c1-6-3-7(2)17-12(16-6)18-21(19,20)11-4-8(13)9(14)5-10(11)15/h3-5H,15H2,1-2H3,(H,16,17,18). The molecule has 0 spiro atoms. The largest absolute Gasteiger partial charge is 0.398 e. The van der Waals surface area contributed by atoms with E-state index in [1.165, 1.54) is 0 Å². The Bertz CT molecular complexity index is 791. The molecule has 0 aliphatic heterocycles. The lowest BCUT2D eigenvalue weighted by molar-refractivity contribution is 0.599. The van der Waals surface area contributed by atoms with Crippen LogP contribution in [0, 0.1) is 19.7 Å². The summed E-state index contributed by atoms with van der Waals surface area (Å²) in [7, 11) is -4.01. The molecule has 21 heavy (non-hydrogen) atoms. The molecular weight excluding hydrogens is 363 g/mol. The van der Waals surface area contributed by atoms with Crippen LogP contribution < -0.4 is 10.5 Å². The Balaban J connectivity index is 2.45. The number of anilines is 2. The Labute approximate surface area is 129 Å². The third kappa shape index (κ3) is 3.48. The third-order valence-corrected chi connectivity index (χ3v) is 4.54. The minimum absolute atomic E-state index is 0.00147. The average molecular weight is 375 g/mol. The summed E-state index contributed by atoms with van der Waals surface area (Å²) in [6.45, 7) is 3.44. The highest BCUT2D eigenvalue weighted by atomic mass is 79.9. The maximum Gasteiger partial charge on any atom is 0.266 e. The molecule has 3 N–H and O–H groups in total. The third-order valence-electron chi connectivity index (χ3n) is 2.55. The van der Waals surface area contributed by atoms with Crippen molar-refractivity contribution < 1.29 is 12.8 Å². The Morgan fingerprint density at radius 2 is 1.76 bits per heavy atom. The van der Waals surface area contributed by atoms with Crippen LogP contribution in [-0.2, 0) is 10.0 Å². The molecule has 0 unspecified atom stereocenters. The number of rotatable bonds is 3. The molecule has 9 heteroatoms. The first-order chi connectivity index (χ1) is 9.69. The van der Waals surface area contributed by atoms with E-state index >= 15 is 0 Å². The zero-order chi connectivity index (χ0) is 15.8. The van der Waals surface area contributed by atoms with Gasteiger partial charge in [0.05, 0.1) is 10.2 Å². The van der Waals surface area contributed by atoms with E-state index in [-0.39, 0.29) is 21.0 Å². The van der Waals surface area contributed by atoms with Crippen LogP contribution in [0.5, 0.6) is 0 Å². The molecule has 0 fully saturated rings. The molecule has 2 aromatic rings. The summed E-state index contributed by atoms with van der Waals surface area (Å²) in [6.07, 6.45) is 0. The van der Waals surface area contributed by atoms with E-state index < -0.39 is 15.8 Å². The van der Waals surface area contributed by atoms with Crippen LogP contribution in [0.3, 0.4) is 0 Å². The number of aryl methyl sites for hydroxylation is 2. The highest BCUT2D eigenvalue weighted by molar-refractivity contribution is 9.10. The Morgan fingerprint density at radius 1 is 1.19 bits per heavy atom. The predicted molar refractivity (Wildman–Crippen MR) is 80.8 cm³/mol. The van der Waals surface area contributed by atoms with Crippen LogP contribution in [0.2, 0.25) is 0 Å². The van der Waals surface area contributed by atoms with Gasteiger partial charge >= 0.3 is 0 Å². The number of aromatic nitrogens is 2. The topological polar surface area (TPSA) is 98.0 Å². The van der Waals surface area contributed by atoms with E-state index in [9.17, 15) is 12.8 Å². The lowest BCUT2D eigenvalue weighted by atomic mass is 10.3. The van der Waals surface area contributed by atoms with Crippen molar-refractivity contribution in [3.05, 3.63) is 39.9 Å². The molecule has 0 bridgehead atoms. The number of nitrogen functional groups attached to an aromatic ring is 1. The van der Waals surface area contributed by atoms with Crippen LogP contribution >= 0.6 is 15.9 Å². The zero-order valence-corrected chi connectivity index (χ0v) is 13.6. The Kier molecular flexibility index (Phi) is 4.15. The van der Waals surface area contributed by atoms with Crippen molar-refractivity contribution in [2.45, 2.75) is 18.7 Å². The van der Waals surface area contributed by atoms with Gasteiger partial charge in [0.2, 0.25) is 5.95 Å². The fourth-order valence-corrected chi connectivity index (χ4v) is 3.30. The molecule has 0 amide bonds. The number of hydrogen-bond acceptors (Lipinski definition) is 5. The smallest absolute Gasteiger partial charge is 0.266 e. The van der Waals surface area contributed by atoms with Crippen LogP contribution in [0.15, 0.2) is 27.6 Å². The molecule has 1 aromatic heterocycles. The van der Waals surface area contributed by atoms with Gasteiger partial charge in [0, 0.05) is 11.4 Å². The van der Waals surface area contributed by atoms with E-state index in [4.69, 9.17) is 5.73 Å². The summed E-state index contributed by atoms with van der Waals surface area (Å²) >= 11 is 2.93. The minimum Gasteiger partial charge on any atom is -0.398 e. The zero-order valence-electron chi connectivity index (χ0n) is 11.2. The summed E-state index contributed by atoms with van der Waals surface area (Å²) in [5, 5.41) is 0. The van der Waals surface area contributed by atoms with Crippen LogP contribution in [0.25, 0.3) is 0 Å². The van der Waals surface area contributed by atoms with Gasteiger partial charge in [-0.25, -0.2) is 27.5 Å². The van der Waals surface area contributed by atoms with Gasteiger partial charge in [-0.2, -0.15) is 0 Å². The van der Waals surface area contributed by atoms with Gasteiger partial charge in [-0.1, -0.05) is 0 Å². The molecule has 1 aromatic carbocycles. The monoisotopic (exact) mass is 374 g/mol. The minimum atomic E-state index is -4.01. The molecule has 0 aliphatic rings. The molecule has 6 nitrogen and oxygen atoms in total. The quantitative estimate of drug-likeness (QED) is 0.803. The van der Waals surface area contributed by atoms with Crippen molar-refractivity contribution in [3.8, 4) is 0 Å². The number of sulfonamides is 1. The van der Waals surface area contributed by atoms with Crippen molar-refractivity contribution in [2.24, 2.45) is 0 Å². The fourth-order valence-electron chi connectivity index (χ4n) is 1.72. The van der Waals surface area contributed by atoms with Crippen molar-refractivity contribution in [3.63, 3.8) is 0 Å². The first-order valence-corrected chi connectivity index (χ1v) is 8.06. The number of hydrogen-bond donors (Lipinski definition) is 2. The summed E-state index contributed by atoms with van der Waals surface area (Å²) in [4.78, 5) is 7.72. The first kappa shape index (κ1) is 15.6. The second-order valence-corrected chi connectivity index (χ2v) is 6.89. The molecule has 0 saturated heterocycles. The van der Waals surface area contributed by atoms with E-state index in [1.807, 2.05) is 0 Å². The van der Waals surface area contributed by atoms with E-state index in [0.717, 1.165) is 12.1 Å². The molecule has 1 heterocycles. The van der Waals surface area contributed by atoms with Crippen molar-refractivity contribution in [1.82, 2.24) is 9.97 Å². The molecular formula is C12H12BrFN4O2S. The maximum atomic E-state index is 13.3. The molecule has 112 valence electrons. The van der Waals surface area contributed by atoms with Gasteiger partial charge in [0.25, 0.3) is 10.0 Å². The number of benzene rings is 1. The SMILES string of the molecule is Cc1cc(C)nc(NS(=O)(=O)c2cc(Br)c(F)cc2N)n1. The number of nitrogens with two attached hydrogens (primary N) is 1. The normalized spacial score (nSPS) is 11.4. The Hall–Kier alpha value is -1.74. The van der Waals surface area contributed by atoms with E-state index in [2.05, 4.69) is 30.6 Å². The lowest BCUT2D eigenvalue weighted by Gasteiger charge is -2.10. The number of nitrogens with one attached hydrogen (secondary N) is 1. The van der Waals surface area contributed by atoms with Crippen molar-refractivity contribution >= 4 is 37.6 Å². The molecule has 2 rings (SSSR count). The van der Waals surface area contributed by atoms with Gasteiger partial charge in [0.1, 0.15) is 10.7 Å². The van der Waals surface area contributed by atoms with E-state index in [1.54, 1.807) is 19.9 Å². The summed E-state index contributed by atoms with van der Waals surface area (Å²) in [5.74, 6) is -0.707. The summed E-state index contributed by atoms with van der Waals surface area (Å²) in [5.41, 5.74) is 6.61. The van der Waals surface area contributed by atoms with Gasteiger partial charge in [-0.05, 0) is 48.0 Å². The van der Waals surface area contributed by atoms with Gasteiger partial charge in [0.15, 0.2) is 0 Å². The van der Waals surface area contributed by atoms with Crippen molar-refractivity contribution in [2.75, 3.05) is 10.5 Å². The second kappa shape index (κ2) is 5.57. The number of nitrogens with zero attached hydrogens (tertiary/aromatic N) is 2. The highest BCUT2D eigenvalue weighted by Gasteiger charge is 2.21. The van der Waals surface area contributed by atoms with Gasteiger partial charge in [-0.3, -0.25) is 0 Å².